The molecule has 0 aromatic heterocycles. The molecule has 0 spiro atoms. The van der Waals surface area contributed by atoms with Crippen LogP contribution in [0.1, 0.15) is 36.8 Å². The van der Waals surface area contributed by atoms with Crippen LogP contribution >= 0.6 is 0 Å². The van der Waals surface area contributed by atoms with E-state index in [4.69, 9.17) is 0 Å². The maximum Gasteiger partial charge on any atom is 0.162 e. The largest absolute Gasteiger partial charge is 0.204 e. The molecule has 13 heavy (non-hydrogen) atoms. The van der Waals surface area contributed by atoms with Gasteiger partial charge in [0.05, 0.1) is 0 Å². The van der Waals surface area contributed by atoms with Crippen molar-refractivity contribution in [1.82, 2.24) is 0 Å². The van der Waals surface area contributed by atoms with Crippen LogP contribution in [0.2, 0.25) is 0 Å². The van der Waals surface area contributed by atoms with Crippen LogP contribution in [0.4, 0.5) is 8.78 Å². The molecular formula is C11H12F2. The predicted molar refractivity (Wildman–Crippen MR) is 47.7 cm³/mol. The number of rotatable bonds is 2. The van der Waals surface area contributed by atoms with Crippen LogP contribution in [0.3, 0.4) is 0 Å². The van der Waals surface area contributed by atoms with Crippen LogP contribution in [0.15, 0.2) is 12.1 Å². The van der Waals surface area contributed by atoms with Crippen LogP contribution in [0, 0.1) is 11.6 Å². The third kappa shape index (κ3) is 1.45. The van der Waals surface area contributed by atoms with Crippen molar-refractivity contribution in [2.45, 2.75) is 32.1 Å². The van der Waals surface area contributed by atoms with Crippen molar-refractivity contribution in [2.24, 2.45) is 0 Å². The molecule has 0 amide bonds. The van der Waals surface area contributed by atoms with E-state index in [-0.39, 0.29) is 5.92 Å². The van der Waals surface area contributed by atoms with Gasteiger partial charge in [-0.15, -0.1) is 0 Å². The van der Waals surface area contributed by atoms with Gasteiger partial charge in [0.25, 0.3) is 0 Å². The van der Waals surface area contributed by atoms with Crippen LogP contribution in [-0.4, -0.2) is 0 Å². The molecule has 2 heteroatoms. The molecule has 0 saturated heterocycles. The quantitative estimate of drug-likeness (QED) is 0.657. The number of aryl methyl sites for hydroxylation is 1. The van der Waals surface area contributed by atoms with Gasteiger partial charge in [-0.1, -0.05) is 13.0 Å². The molecule has 1 aromatic rings. The molecule has 0 heterocycles. The second-order valence-electron chi connectivity index (χ2n) is 3.56. The molecule has 0 aliphatic heterocycles. The Balaban J connectivity index is 2.52. The minimum absolute atomic E-state index is 0.283. The molecule has 70 valence electrons. The average Bonchev–Trinajstić information content (AvgIpc) is 2.92. The topological polar surface area (TPSA) is 0 Å². The summed E-state index contributed by atoms with van der Waals surface area (Å²) in [7, 11) is 0. The van der Waals surface area contributed by atoms with Crippen molar-refractivity contribution >= 4 is 0 Å². The first kappa shape index (κ1) is 8.67. The van der Waals surface area contributed by atoms with Gasteiger partial charge in [-0.05, 0) is 42.4 Å². The molecule has 1 aliphatic rings. The molecule has 0 unspecified atom stereocenters. The van der Waals surface area contributed by atoms with Crippen molar-refractivity contribution in [1.29, 1.82) is 0 Å². The Bertz CT molecular complexity index is 327. The fraction of sp³-hybridized carbons (Fsp3) is 0.455. The maximum absolute atomic E-state index is 13.4. The van der Waals surface area contributed by atoms with Gasteiger partial charge in [-0.3, -0.25) is 0 Å². The Morgan fingerprint density at radius 3 is 2.54 bits per heavy atom. The molecule has 0 nitrogen and oxygen atoms in total. The van der Waals surface area contributed by atoms with Gasteiger partial charge in [0.2, 0.25) is 0 Å². The molecule has 1 fully saturated rings. The lowest BCUT2D eigenvalue weighted by molar-refractivity contribution is 0.497. The zero-order chi connectivity index (χ0) is 9.42. The van der Waals surface area contributed by atoms with Crippen LogP contribution < -0.4 is 0 Å². The molecule has 1 aliphatic carbocycles. The summed E-state index contributed by atoms with van der Waals surface area (Å²) in [6.45, 7) is 1.97. The maximum atomic E-state index is 13.4. The number of hydrogen-bond donors (Lipinski definition) is 0. The Labute approximate surface area is 76.6 Å². The lowest BCUT2D eigenvalue weighted by Crippen LogP contribution is -1.98. The Morgan fingerprint density at radius 2 is 2.00 bits per heavy atom. The van der Waals surface area contributed by atoms with Crippen molar-refractivity contribution in [3.63, 3.8) is 0 Å². The standard InChI is InChI=1S/C11H12F2/c1-2-7-5-6-9(12)11(13)10(7)8-3-4-8/h5-6,8H,2-4H2,1H3. The summed E-state index contributed by atoms with van der Waals surface area (Å²) in [4.78, 5) is 0. The van der Waals surface area contributed by atoms with Gasteiger partial charge in [-0.25, -0.2) is 8.78 Å². The summed E-state index contributed by atoms with van der Waals surface area (Å²) in [5.74, 6) is -1.05. The Kier molecular flexibility index (Phi) is 2.06. The highest BCUT2D eigenvalue weighted by molar-refractivity contribution is 5.35. The molecule has 1 saturated carbocycles. The molecule has 1 aromatic carbocycles. The van der Waals surface area contributed by atoms with Gasteiger partial charge in [-0.2, -0.15) is 0 Å². The van der Waals surface area contributed by atoms with E-state index in [1.807, 2.05) is 6.92 Å². The van der Waals surface area contributed by atoms with E-state index in [9.17, 15) is 8.78 Å². The first-order valence-corrected chi connectivity index (χ1v) is 4.70. The normalized spacial score (nSPS) is 16.2. The summed E-state index contributed by atoms with van der Waals surface area (Å²) < 4.78 is 26.3. The fourth-order valence-corrected chi connectivity index (χ4v) is 1.73. The van der Waals surface area contributed by atoms with E-state index in [0.717, 1.165) is 24.8 Å². The fourth-order valence-electron chi connectivity index (χ4n) is 1.73. The third-order valence-corrected chi connectivity index (χ3v) is 2.59. The van der Waals surface area contributed by atoms with E-state index in [1.165, 1.54) is 6.07 Å². The first-order chi connectivity index (χ1) is 6.24. The zero-order valence-electron chi connectivity index (χ0n) is 7.61. The smallest absolute Gasteiger partial charge is 0.162 e. The minimum atomic E-state index is -0.709. The average molecular weight is 182 g/mol. The highest BCUT2D eigenvalue weighted by Crippen LogP contribution is 2.43. The first-order valence-electron chi connectivity index (χ1n) is 4.70. The SMILES string of the molecule is CCc1ccc(F)c(F)c1C1CC1. The lowest BCUT2D eigenvalue weighted by Gasteiger charge is -2.07. The Hall–Kier alpha value is -0.920. The predicted octanol–water partition coefficient (Wildman–Crippen LogP) is 3.40. The molecule has 0 N–H and O–H groups in total. The highest BCUT2D eigenvalue weighted by Gasteiger charge is 2.29. The summed E-state index contributed by atoms with van der Waals surface area (Å²) in [5, 5.41) is 0. The van der Waals surface area contributed by atoms with Gasteiger partial charge in [0, 0.05) is 0 Å². The minimum Gasteiger partial charge on any atom is -0.204 e. The van der Waals surface area contributed by atoms with Crippen LogP contribution in [-0.2, 0) is 6.42 Å². The summed E-state index contributed by atoms with van der Waals surface area (Å²) >= 11 is 0. The second-order valence-corrected chi connectivity index (χ2v) is 3.56. The van der Waals surface area contributed by atoms with Crippen molar-refractivity contribution in [3.05, 3.63) is 34.9 Å². The van der Waals surface area contributed by atoms with Crippen molar-refractivity contribution in [2.75, 3.05) is 0 Å². The number of halogens is 2. The third-order valence-electron chi connectivity index (χ3n) is 2.59. The zero-order valence-corrected chi connectivity index (χ0v) is 7.61. The van der Waals surface area contributed by atoms with Crippen LogP contribution in [0.25, 0.3) is 0 Å². The van der Waals surface area contributed by atoms with Gasteiger partial charge in [0.15, 0.2) is 11.6 Å². The van der Waals surface area contributed by atoms with E-state index in [0.29, 0.717) is 5.56 Å². The van der Waals surface area contributed by atoms with Crippen molar-refractivity contribution in [3.8, 4) is 0 Å². The molecule has 2 rings (SSSR count). The van der Waals surface area contributed by atoms with E-state index < -0.39 is 11.6 Å². The van der Waals surface area contributed by atoms with Gasteiger partial charge in [0.1, 0.15) is 0 Å². The summed E-state index contributed by atoms with van der Waals surface area (Å²) in [5.41, 5.74) is 1.59. The Morgan fingerprint density at radius 1 is 1.31 bits per heavy atom. The van der Waals surface area contributed by atoms with Gasteiger partial charge >= 0.3 is 0 Å². The van der Waals surface area contributed by atoms with Gasteiger partial charge < -0.3 is 0 Å². The highest BCUT2D eigenvalue weighted by atomic mass is 19.2. The molecule has 0 atom stereocenters. The number of benzene rings is 1. The number of hydrogen-bond acceptors (Lipinski definition) is 0. The van der Waals surface area contributed by atoms with E-state index in [2.05, 4.69) is 0 Å². The molecular weight excluding hydrogens is 170 g/mol. The monoisotopic (exact) mass is 182 g/mol. The van der Waals surface area contributed by atoms with E-state index >= 15 is 0 Å². The van der Waals surface area contributed by atoms with E-state index in [1.54, 1.807) is 6.07 Å². The second kappa shape index (κ2) is 3.09. The molecule has 0 radical (unpaired) electrons. The van der Waals surface area contributed by atoms with Crippen molar-refractivity contribution < 1.29 is 8.78 Å². The molecule has 0 bridgehead atoms. The summed E-state index contributed by atoms with van der Waals surface area (Å²) in [6, 6.07) is 2.92. The lowest BCUT2D eigenvalue weighted by atomic mass is 10.0. The van der Waals surface area contributed by atoms with Crippen LogP contribution in [0.5, 0.6) is 0 Å². The summed E-state index contributed by atoms with van der Waals surface area (Å²) in [6.07, 6.45) is 2.80.